The van der Waals surface area contributed by atoms with Crippen LogP contribution in [0.15, 0.2) is 55.1 Å². The van der Waals surface area contributed by atoms with Gasteiger partial charge in [0.15, 0.2) is 0 Å². The molecule has 0 aliphatic carbocycles. The van der Waals surface area contributed by atoms with E-state index >= 15 is 0 Å². The number of rotatable bonds is 5. The molecule has 1 aliphatic heterocycles. The second-order valence-electron chi connectivity index (χ2n) is 8.16. The molecule has 144 valence electrons. The summed E-state index contributed by atoms with van der Waals surface area (Å²) >= 11 is 0. The van der Waals surface area contributed by atoms with Gasteiger partial charge in [-0.1, -0.05) is 42.5 Å². The fraction of sp³-hybridized carbons (Fsp3) is 0.435. The minimum absolute atomic E-state index is 0.00828. The number of likely N-dealkylation sites (tertiary alicyclic amines) is 1. The average Bonchev–Trinajstić information content (AvgIpc) is 3.02. The van der Waals surface area contributed by atoms with E-state index in [2.05, 4.69) is 36.9 Å². The van der Waals surface area contributed by atoms with Gasteiger partial charge in [-0.05, 0) is 56.0 Å². The SMILES string of the molecule is C=CC[C@@H]1C[C@H](OCc2ccc3ccccc3c2)CN1C(=O)OC(C)(C)C. The first kappa shape index (κ1) is 19.4. The van der Waals surface area contributed by atoms with Gasteiger partial charge in [0.2, 0.25) is 0 Å². The highest BCUT2D eigenvalue weighted by molar-refractivity contribution is 5.82. The van der Waals surface area contributed by atoms with Crippen LogP contribution in [0, 0.1) is 0 Å². The van der Waals surface area contributed by atoms with Crippen LogP contribution >= 0.6 is 0 Å². The van der Waals surface area contributed by atoms with E-state index in [-0.39, 0.29) is 18.2 Å². The van der Waals surface area contributed by atoms with E-state index in [9.17, 15) is 4.79 Å². The second-order valence-corrected chi connectivity index (χ2v) is 8.16. The van der Waals surface area contributed by atoms with Gasteiger partial charge in [-0.3, -0.25) is 0 Å². The molecular weight excluding hydrogens is 338 g/mol. The molecule has 27 heavy (non-hydrogen) atoms. The Bertz CT molecular complexity index is 809. The van der Waals surface area contributed by atoms with Crippen molar-refractivity contribution in [2.45, 2.75) is 58.0 Å². The molecule has 0 radical (unpaired) electrons. The lowest BCUT2D eigenvalue weighted by atomic mass is 10.1. The molecule has 0 unspecified atom stereocenters. The summed E-state index contributed by atoms with van der Waals surface area (Å²) in [6.45, 7) is 10.6. The van der Waals surface area contributed by atoms with Crippen molar-refractivity contribution in [3.63, 3.8) is 0 Å². The van der Waals surface area contributed by atoms with Crippen LogP contribution in [0.4, 0.5) is 4.79 Å². The maximum atomic E-state index is 12.5. The van der Waals surface area contributed by atoms with Crippen molar-refractivity contribution in [1.82, 2.24) is 4.90 Å². The Labute approximate surface area is 161 Å². The number of carbonyl (C=O) groups excluding carboxylic acids is 1. The summed E-state index contributed by atoms with van der Waals surface area (Å²) in [5.41, 5.74) is 0.643. The molecule has 2 atom stereocenters. The summed E-state index contributed by atoms with van der Waals surface area (Å²) in [6.07, 6.45) is 3.14. The summed E-state index contributed by atoms with van der Waals surface area (Å²) in [7, 11) is 0. The second kappa shape index (κ2) is 8.13. The van der Waals surface area contributed by atoms with Crippen LogP contribution in [-0.4, -0.2) is 35.3 Å². The van der Waals surface area contributed by atoms with Crippen molar-refractivity contribution in [2.75, 3.05) is 6.54 Å². The number of carbonyl (C=O) groups is 1. The van der Waals surface area contributed by atoms with Crippen molar-refractivity contribution in [3.05, 3.63) is 60.7 Å². The zero-order chi connectivity index (χ0) is 19.4. The lowest BCUT2D eigenvalue weighted by molar-refractivity contribution is 0.0151. The zero-order valence-corrected chi connectivity index (χ0v) is 16.5. The number of nitrogens with zero attached hydrogens (tertiary/aromatic N) is 1. The molecule has 1 aliphatic rings. The van der Waals surface area contributed by atoms with Crippen molar-refractivity contribution in [1.29, 1.82) is 0 Å². The minimum Gasteiger partial charge on any atom is -0.444 e. The normalized spacial score (nSPS) is 20.0. The van der Waals surface area contributed by atoms with Gasteiger partial charge >= 0.3 is 6.09 Å². The fourth-order valence-corrected chi connectivity index (χ4v) is 3.50. The van der Waals surface area contributed by atoms with Gasteiger partial charge in [0.1, 0.15) is 5.60 Å². The fourth-order valence-electron chi connectivity index (χ4n) is 3.50. The minimum atomic E-state index is -0.500. The van der Waals surface area contributed by atoms with E-state index in [0.717, 1.165) is 18.4 Å². The van der Waals surface area contributed by atoms with Crippen molar-refractivity contribution >= 4 is 16.9 Å². The highest BCUT2D eigenvalue weighted by Crippen LogP contribution is 2.26. The molecule has 1 amide bonds. The third-order valence-corrected chi connectivity index (χ3v) is 4.74. The molecule has 1 heterocycles. The highest BCUT2D eigenvalue weighted by atomic mass is 16.6. The molecule has 4 nitrogen and oxygen atoms in total. The van der Waals surface area contributed by atoms with E-state index in [1.165, 1.54) is 10.8 Å². The molecule has 2 aromatic rings. The Morgan fingerprint density at radius 3 is 2.67 bits per heavy atom. The first-order chi connectivity index (χ1) is 12.9. The lowest BCUT2D eigenvalue weighted by Crippen LogP contribution is -2.40. The monoisotopic (exact) mass is 367 g/mol. The van der Waals surface area contributed by atoms with Crippen molar-refractivity contribution in [3.8, 4) is 0 Å². The molecule has 0 bridgehead atoms. The maximum absolute atomic E-state index is 12.5. The van der Waals surface area contributed by atoms with Crippen LogP contribution in [-0.2, 0) is 16.1 Å². The van der Waals surface area contributed by atoms with Gasteiger partial charge < -0.3 is 14.4 Å². The van der Waals surface area contributed by atoms with E-state index in [4.69, 9.17) is 9.47 Å². The Morgan fingerprint density at radius 2 is 1.96 bits per heavy atom. The summed E-state index contributed by atoms with van der Waals surface area (Å²) in [5.74, 6) is 0. The molecule has 4 heteroatoms. The molecule has 2 aromatic carbocycles. The van der Waals surface area contributed by atoms with E-state index < -0.39 is 5.60 Å². The van der Waals surface area contributed by atoms with Crippen LogP contribution in [0.2, 0.25) is 0 Å². The summed E-state index contributed by atoms with van der Waals surface area (Å²) in [6, 6.07) is 14.8. The zero-order valence-electron chi connectivity index (χ0n) is 16.5. The first-order valence-corrected chi connectivity index (χ1v) is 9.55. The number of hydrogen-bond donors (Lipinski definition) is 0. The summed E-state index contributed by atoms with van der Waals surface area (Å²) < 4.78 is 11.7. The smallest absolute Gasteiger partial charge is 0.410 e. The van der Waals surface area contributed by atoms with Crippen LogP contribution < -0.4 is 0 Å². The Morgan fingerprint density at radius 1 is 1.22 bits per heavy atom. The Hall–Kier alpha value is -2.33. The predicted molar refractivity (Wildman–Crippen MR) is 109 cm³/mol. The van der Waals surface area contributed by atoms with E-state index in [1.807, 2.05) is 39.0 Å². The molecule has 1 saturated heterocycles. The summed E-state index contributed by atoms with van der Waals surface area (Å²) in [4.78, 5) is 14.3. The molecular formula is C23H29NO3. The van der Waals surface area contributed by atoms with Gasteiger partial charge in [0, 0.05) is 6.04 Å². The molecule has 0 spiro atoms. The van der Waals surface area contributed by atoms with Gasteiger partial charge in [-0.15, -0.1) is 6.58 Å². The molecule has 0 saturated carbocycles. The van der Waals surface area contributed by atoms with E-state index in [1.54, 1.807) is 4.90 Å². The summed E-state index contributed by atoms with van der Waals surface area (Å²) in [5, 5.41) is 2.44. The third kappa shape index (κ3) is 5.10. The van der Waals surface area contributed by atoms with Crippen molar-refractivity contribution < 1.29 is 14.3 Å². The Kier molecular flexibility index (Phi) is 5.85. The number of benzene rings is 2. The number of amides is 1. The predicted octanol–water partition coefficient (Wildman–Crippen LogP) is 5.31. The topological polar surface area (TPSA) is 38.8 Å². The van der Waals surface area contributed by atoms with Crippen LogP contribution in [0.1, 0.15) is 39.2 Å². The van der Waals surface area contributed by atoms with Crippen LogP contribution in [0.25, 0.3) is 10.8 Å². The molecule has 1 fully saturated rings. The molecule has 0 N–H and O–H groups in total. The number of hydrogen-bond acceptors (Lipinski definition) is 3. The van der Waals surface area contributed by atoms with Gasteiger partial charge in [0.05, 0.1) is 19.3 Å². The average molecular weight is 367 g/mol. The van der Waals surface area contributed by atoms with Gasteiger partial charge in [-0.2, -0.15) is 0 Å². The van der Waals surface area contributed by atoms with Crippen LogP contribution in [0.3, 0.4) is 0 Å². The molecule has 0 aromatic heterocycles. The van der Waals surface area contributed by atoms with Crippen LogP contribution in [0.5, 0.6) is 0 Å². The third-order valence-electron chi connectivity index (χ3n) is 4.74. The first-order valence-electron chi connectivity index (χ1n) is 9.55. The lowest BCUT2D eigenvalue weighted by Gasteiger charge is -2.28. The Balaban J connectivity index is 1.62. The highest BCUT2D eigenvalue weighted by Gasteiger charge is 2.37. The number of ether oxygens (including phenoxy) is 2. The standard InChI is InChI=1S/C23H29NO3/c1-5-8-20-14-21(15-24(20)22(25)27-23(2,3)4)26-16-17-11-12-18-9-6-7-10-19(18)13-17/h5-7,9-13,20-21H,1,8,14-16H2,2-4H3/t20-,21+/m1/s1. The van der Waals surface area contributed by atoms with Gasteiger partial charge in [0.25, 0.3) is 0 Å². The van der Waals surface area contributed by atoms with E-state index in [0.29, 0.717) is 13.2 Å². The largest absolute Gasteiger partial charge is 0.444 e. The number of fused-ring (bicyclic) bond motifs is 1. The molecule has 3 rings (SSSR count). The van der Waals surface area contributed by atoms with Gasteiger partial charge in [-0.25, -0.2) is 4.79 Å². The quantitative estimate of drug-likeness (QED) is 0.672. The van der Waals surface area contributed by atoms with Crippen molar-refractivity contribution in [2.24, 2.45) is 0 Å². The maximum Gasteiger partial charge on any atom is 0.410 e.